The number of carbonyl (C=O) groups is 1. The second-order valence-corrected chi connectivity index (χ2v) is 13.8. The first kappa shape index (κ1) is 34.5. The van der Waals surface area contributed by atoms with Gasteiger partial charge in [-0.2, -0.15) is 4.98 Å². The first-order valence-electron chi connectivity index (χ1n) is 17.6. The largest absolute Gasteiger partial charge is 0.385 e. The standard InChI is InChI=1S/C40H47ClN6O2/c1-3-4-5-6-7-8-10-30(2)29-31-20-25-46(26-21-31)38(48)32-12-18-35(19-13-32)42-39-43-37-36(11-9-24-47(37)44-39)45-27-22-40(49,23-28-45)33-14-16-34(41)17-15-33/h5-19,24,31,49H,3-4,20-23,25-29H2,1-2H3,(H,42,44)/b6-5+,8-7-,30-10+. The van der Waals surface area contributed by atoms with Crippen LogP contribution in [0.25, 0.3) is 5.65 Å². The van der Waals surface area contributed by atoms with E-state index in [4.69, 9.17) is 16.6 Å². The summed E-state index contributed by atoms with van der Waals surface area (Å²) >= 11 is 6.06. The third-order valence-corrected chi connectivity index (χ3v) is 10.0. The Morgan fingerprint density at radius 1 is 1.00 bits per heavy atom. The number of benzene rings is 2. The Hall–Kier alpha value is -4.40. The number of allylic oxidation sites excluding steroid dienone is 6. The van der Waals surface area contributed by atoms with E-state index in [1.54, 1.807) is 4.52 Å². The smallest absolute Gasteiger partial charge is 0.253 e. The van der Waals surface area contributed by atoms with Crippen molar-refractivity contribution in [3.63, 3.8) is 0 Å². The van der Waals surface area contributed by atoms with Gasteiger partial charge in [-0.3, -0.25) is 4.79 Å². The number of hydrogen-bond acceptors (Lipinski definition) is 6. The molecule has 0 aliphatic carbocycles. The van der Waals surface area contributed by atoms with E-state index in [2.05, 4.69) is 59.5 Å². The molecule has 0 bridgehead atoms. The van der Waals surface area contributed by atoms with Gasteiger partial charge in [0.05, 0.1) is 11.3 Å². The average Bonchev–Trinajstić information content (AvgIpc) is 3.53. The lowest BCUT2D eigenvalue weighted by Crippen LogP contribution is -2.42. The number of nitrogens with one attached hydrogen (secondary N) is 1. The maximum Gasteiger partial charge on any atom is 0.253 e. The molecule has 1 amide bonds. The molecule has 6 rings (SSSR count). The van der Waals surface area contributed by atoms with Crippen molar-refractivity contribution in [3.05, 3.63) is 119 Å². The van der Waals surface area contributed by atoms with Crippen LogP contribution in [0.15, 0.2) is 103 Å². The van der Waals surface area contributed by atoms with Gasteiger partial charge in [0.2, 0.25) is 5.95 Å². The highest BCUT2D eigenvalue weighted by Crippen LogP contribution is 2.36. The van der Waals surface area contributed by atoms with Crippen molar-refractivity contribution in [1.82, 2.24) is 19.5 Å². The van der Waals surface area contributed by atoms with E-state index in [9.17, 15) is 9.90 Å². The number of halogens is 1. The number of piperidine rings is 2. The normalized spacial score (nSPS) is 17.4. The summed E-state index contributed by atoms with van der Waals surface area (Å²) in [6.07, 6.45) is 19.3. The highest BCUT2D eigenvalue weighted by Gasteiger charge is 2.34. The number of rotatable bonds is 11. The van der Waals surface area contributed by atoms with Gasteiger partial charge in [-0.15, -0.1) is 5.10 Å². The fourth-order valence-corrected chi connectivity index (χ4v) is 6.98. The molecule has 2 aliphatic heterocycles. The fourth-order valence-electron chi connectivity index (χ4n) is 6.86. The molecule has 2 fully saturated rings. The fraction of sp³-hybridized carbons (Fsp3) is 0.375. The number of unbranched alkanes of at least 4 members (excludes halogenated alkanes) is 1. The van der Waals surface area contributed by atoms with Crippen LogP contribution in [0.1, 0.15) is 74.7 Å². The second kappa shape index (κ2) is 15.9. The van der Waals surface area contributed by atoms with Crippen molar-refractivity contribution in [2.45, 2.75) is 64.4 Å². The number of aliphatic hydroxyl groups is 1. The summed E-state index contributed by atoms with van der Waals surface area (Å²) < 4.78 is 1.78. The predicted octanol–water partition coefficient (Wildman–Crippen LogP) is 8.72. The molecular formula is C40H47ClN6O2. The quantitative estimate of drug-likeness (QED) is 0.154. The number of amides is 1. The van der Waals surface area contributed by atoms with Crippen molar-refractivity contribution >= 4 is 40.5 Å². The zero-order chi connectivity index (χ0) is 34.2. The lowest BCUT2D eigenvalue weighted by atomic mass is 9.84. The molecule has 2 aliphatic rings. The Balaban J connectivity index is 1.02. The number of nitrogens with zero attached hydrogens (tertiary/aromatic N) is 5. The van der Waals surface area contributed by atoms with Gasteiger partial charge < -0.3 is 20.2 Å². The summed E-state index contributed by atoms with van der Waals surface area (Å²) in [5, 5.41) is 20.0. The molecule has 0 spiro atoms. The van der Waals surface area contributed by atoms with Crippen molar-refractivity contribution < 1.29 is 9.90 Å². The molecule has 8 nitrogen and oxygen atoms in total. The van der Waals surface area contributed by atoms with Crippen molar-refractivity contribution in [3.8, 4) is 0 Å². The van der Waals surface area contributed by atoms with E-state index in [0.717, 1.165) is 61.4 Å². The third-order valence-electron chi connectivity index (χ3n) is 9.75. The SMILES string of the molecule is CCC/C=C/C=C\C=C(/C)CC1CCN(C(=O)c2ccc(Nc3nc4c(N5CCC(O)(c6ccc(Cl)cc6)CC5)cccn4n3)cc2)CC1. The molecule has 2 aromatic carbocycles. The summed E-state index contributed by atoms with van der Waals surface area (Å²) in [6.45, 7) is 7.34. The maximum absolute atomic E-state index is 13.3. The predicted molar refractivity (Wildman–Crippen MR) is 200 cm³/mol. The molecule has 0 radical (unpaired) electrons. The molecule has 0 atom stereocenters. The van der Waals surface area contributed by atoms with Crippen LogP contribution in [0.5, 0.6) is 0 Å². The third kappa shape index (κ3) is 8.61. The number of hydrogen-bond donors (Lipinski definition) is 2. The van der Waals surface area contributed by atoms with Gasteiger partial charge in [-0.25, -0.2) is 4.52 Å². The highest BCUT2D eigenvalue weighted by molar-refractivity contribution is 6.30. The van der Waals surface area contributed by atoms with Crippen LogP contribution < -0.4 is 10.2 Å². The second-order valence-electron chi connectivity index (χ2n) is 13.4. The minimum absolute atomic E-state index is 0.0825. The number of aromatic nitrogens is 3. The minimum Gasteiger partial charge on any atom is -0.385 e. The Bertz CT molecular complexity index is 1790. The molecule has 9 heteroatoms. The Morgan fingerprint density at radius 3 is 2.45 bits per heavy atom. The molecule has 49 heavy (non-hydrogen) atoms. The number of carbonyl (C=O) groups excluding carboxylic acids is 1. The number of pyridine rings is 1. The van der Waals surface area contributed by atoms with E-state index in [1.807, 2.05) is 71.8 Å². The van der Waals surface area contributed by atoms with Crippen LogP contribution in [0.4, 0.5) is 17.3 Å². The van der Waals surface area contributed by atoms with Gasteiger partial charge in [0, 0.05) is 48.6 Å². The van der Waals surface area contributed by atoms with Crippen LogP contribution in [-0.2, 0) is 5.60 Å². The van der Waals surface area contributed by atoms with Gasteiger partial charge in [0.15, 0.2) is 5.65 Å². The highest BCUT2D eigenvalue weighted by atomic mass is 35.5. The lowest BCUT2D eigenvalue weighted by Gasteiger charge is -2.39. The van der Waals surface area contributed by atoms with Gasteiger partial charge in [-0.05, 0) is 105 Å². The Morgan fingerprint density at radius 2 is 1.73 bits per heavy atom. The molecule has 2 N–H and O–H groups in total. The molecule has 256 valence electrons. The first-order chi connectivity index (χ1) is 23.8. The summed E-state index contributed by atoms with van der Waals surface area (Å²) in [4.78, 5) is 22.4. The van der Waals surface area contributed by atoms with Gasteiger partial charge in [0.25, 0.3) is 5.91 Å². The van der Waals surface area contributed by atoms with E-state index in [1.165, 1.54) is 12.0 Å². The molecule has 2 saturated heterocycles. The summed E-state index contributed by atoms with van der Waals surface area (Å²) in [5.41, 5.74) is 4.64. The summed E-state index contributed by atoms with van der Waals surface area (Å²) in [5.74, 6) is 1.18. The number of fused-ring (bicyclic) bond motifs is 1. The van der Waals surface area contributed by atoms with Crippen molar-refractivity contribution in [1.29, 1.82) is 0 Å². The topological polar surface area (TPSA) is 86.0 Å². The average molecular weight is 679 g/mol. The minimum atomic E-state index is -0.879. The zero-order valence-electron chi connectivity index (χ0n) is 28.6. The van der Waals surface area contributed by atoms with Crippen molar-refractivity contribution in [2.75, 3.05) is 36.4 Å². The van der Waals surface area contributed by atoms with Crippen LogP contribution in [0.3, 0.4) is 0 Å². The first-order valence-corrected chi connectivity index (χ1v) is 17.9. The van der Waals surface area contributed by atoms with Crippen LogP contribution in [0, 0.1) is 5.92 Å². The zero-order valence-corrected chi connectivity index (χ0v) is 29.3. The number of likely N-dealkylation sites (tertiary alicyclic amines) is 1. The molecule has 4 heterocycles. The monoisotopic (exact) mass is 678 g/mol. The van der Waals surface area contributed by atoms with Crippen LogP contribution >= 0.6 is 11.6 Å². The van der Waals surface area contributed by atoms with E-state index in [0.29, 0.717) is 48.4 Å². The molecule has 0 saturated carbocycles. The molecule has 4 aromatic rings. The van der Waals surface area contributed by atoms with E-state index in [-0.39, 0.29) is 5.91 Å². The van der Waals surface area contributed by atoms with E-state index < -0.39 is 5.60 Å². The van der Waals surface area contributed by atoms with Crippen molar-refractivity contribution in [2.24, 2.45) is 5.92 Å². The van der Waals surface area contributed by atoms with Gasteiger partial charge in [-0.1, -0.05) is 73.0 Å². The summed E-state index contributed by atoms with van der Waals surface area (Å²) in [6, 6.07) is 19.1. The van der Waals surface area contributed by atoms with Crippen LogP contribution in [0.2, 0.25) is 5.02 Å². The molecule has 0 unspecified atom stereocenters. The Kier molecular flexibility index (Phi) is 11.2. The number of anilines is 3. The van der Waals surface area contributed by atoms with Gasteiger partial charge >= 0.3 is 0 Å². The van der Waals surface area contributed by atoms with Gasteiger partial charge in [0.1, 0.15) is 0 Å². The maximum atomic E-state index is 13.3. The van der Waals surface area contributed by atoms with Crippen LogP contribution in [-0.4, -0.2) is 56.7 Å². The summed E-state index contributed by atoms with van der Waals surface area (Å²) in [7, 11) is 0. The Labute approximate surface area is 294 Å². The lowest BCUT2D eigenvalue weighted by molar-refractivity contribution is 0.0118. The molecular weight excluding hydrogens is 632 g/mol. The molecule has 2 aromatic heterocycles. The van der Waals surface area contributed by atoms with E-state index >= 15 is 0 Å².